The molecule has 1 atom stereocenters. The number of carbonyl (C=O) groups excluding carboxylic acids is 2. The summed E-state index contributed by atoms with van der Waals surface area (Å²) < 4.78 is 5.23. The maximum atomic E-state index is 13.4. The number of methoxy groups -OCH3 is 1. The predicted molar refractivity (Wildman–Crippen MR) is 114 cm³/mol. The van der Waals surface area contributed by atoms with Crippen LogP contribution in [0.25, 0.3) is 0 Å². The first-order chi connectivity index (χ1) is 14.1. The summed E-state index contributed by atoms with van der Waals surface area (Å²) in [6, 6.07) is 7.75. The lowest BCUT2D eigenvalue weighted by Crippen LogP contribution is -2.51. The molecule has 1 aliphatic carbocycles. The molecule has 158 valence electrons. The van der Waals surface area contributed by atoms with Crippen molar-refractivity contribution in [1.29, 1.82) is 0 Å². The quantitative estimate of drug-likeness (QED) is 0.482. The number of ether oxygens (including phenoxy) is 1. The van der Waals surface area contributed by atoms with Crippen LogP contribution in [0.15, 0.2) is 36.9 Å². The molecule has 2 fully saturated rings. The van der Waals surface area contributed by atoms with E-state index in [4.69, 9.17) is 4.74 Å². The van der Waals surface area contributed by atoms with Gasteiger partial charge in [-0.1, -0.05) is 18.2 Å². The summed E-state index contributed by atoms with van der Waals surface area (Å²) in [4.78, 5) is 29.6. The van der Waals surface area contributed by atoms with Gasteiger partial charge in [0.05, 0.1) is 7.11 Å². The highest BCUT2D eigenvalue weighted by molar-refractivity contribution is 5.88. The van der Waals surface area contributed by atoms with Crippen LogP contribution >= 0.6 is 0 Å². The number of allylic oxidation sites excluding steroid dienone is 1. The second-order valence-corrected chi connectivity index (χ2v) is 7.97. The van der Waals surface area contributed by atoms with Crippen LogP contribution < -0.4 is 10.1 Å². The molecule has 3 rings (SSSR count). The first kappa shape index (κ1) is 21.2. The molecule has 0 unspecified atom stereocenters. The Kier molecular flexibility index (Phi) is 7.55. The molecule has 0 aromatic heterocycles. The number of hydrogen-bond donors (Lipinski definition) is 1. The maximum Gasteiger partial charge on any atom is 0.320 e. The fourth-order valence-corrected chi connectivity index (χ4v) is 3.76. The van der Waals surface area contributed by atoms with Crippen LogP contribution in [0.2, 0.25) is 0 Å². The average Bonchev–Trinajstić information content (AvgIpc) is 3.41. The SMILES string of the molecule is C=CCCCCN(Cc1ccc(OC)cc1)C(=O)N1CCC[C@H]1C(=O)NC1CC1. The topological polar surface area (TPSA) is 61.9 Å². The summed E-state index contributed by atoms with van der Waals surface area (Å²) in [6.45, 7) is 5.62. The van der Waals surface area contributed by atoms with Gasteiger partial charge in [-0.2, -0.15) is 0 Å². The van der Waals surface area contributed by atoms with E-state index in [0.717, 1.165) is 56.3 Å². The van der Waals surface area contributed by atoms with E-state index in [2.05, 4.69) is 11.9 Å². The van der Waals surface area contributed by atoms with Gasteiger partial charge >= 0.3 is 6.03 Å². The van der Waals surface area contributed by atoms with Gasteiger partial charge in [-0.3, -0.25) is 4.79 Å². The second-order valence-electron chi connectivity index (χ2n) is 7.97. The summed E-state index contributed by atoms with van der Waals surface area (Å²) in [7, 11) is 1.64. The number of carbonyl (C=O) groups is 2. The highest BCUT2D eigenvalue weighted by atomic mass is 16.5. The molecule has 0 radical (unpaired) electrons. The zero-order valence-electron chi connectivity index (χ0n) is 17.4. The number of nitrogens with zero attached hydrogens (tertiary/aromatic N) is 2. The Hall–Kier alpha value is -2.50. The van der Waals surface area contributed by atoms with Crippen LogP contribution in [0.3, 0.4) is 0 Å². The zero-order chi connectivity index (χ0) is 20.6. The largest absolute Gasteiger partial charge is 0.497 e. The highest BCUT2D eigenvalue weighted by Gasteiger charge is 2.38. The summed E-state index contributed by atoms with van der Waals surface area (Å²) >= 11 is 0. The third-order valence-electron chi connectivity index (χ3n) is 5.61. The van der Waals surface area contributed by atoms with E-state index in [-0.39, 0.29) is 18.0 Å². The monoisotopic (exact) mass is 399 g/mol. The van der Waals surface area contributed by atoms with Crippen LogP contribution in [0.5, 0.6) is 5.75 Å². The molecule has 1 saturated heterocycles. The number of unbranched alkanes of at least 4 members (excludes halogenated alkanes) is 2. The van der Waals surface area contributed by atoms with Gasteiger partial charge in [0.1, 0.15) is 11.8 Å². The number of nitrogens with one attached hydrogen (secondary N) is 1. The molecule has 1 heterocycles. The molecule has 0 spiro atoms. The molecule has 1 aromatic carbocycles. The van der Waals surface area contributed by atoms with Crippen LogP contribution in [-0.4, -0.2) is 54.0 Å². The molecule has 6 nitrogen and oxygen atoms in total. The Bertz CT molecular complexity index is 700. The van der Waals surface area contributed by atoms with E-state index in [1.807, 2.05) is 35.2 Å². The van der Waals surface area contributed by atoms with Gasteiger partial charge in [0.25, 0.3) is 0 Å². The molecule has 1 N–H and O–H groups in total. The molecule has 0 bridgehead atoms. The van der Waals surface area contributed by atoms with Crippen molar-refractivity contribution in [2.75, 3.05) is 20.2 Å². The molecular formula is C23H33N3O3. The van der Waals surface area contributed by atoms with E-state index in [1.165, 1.54) is 0 Å². The average molecular weight is 400 g/mol. The van der Waals surface area contributed by atoms with Crippen molar-refractivity contribution in [1.82, 2.24) is 15.1 Å². The fraction of sp³-hybridized carbons (Fsp3) is 0.565. The van der Waals surface area contributed by atoms with Crippen molar-refractivity contribution in [3.05, 3.63) is 42.5 Å². The van der Waals surface area contributed by atoms with Crippen LogP contribution in [0, 0.1) is 0 Å². The minimum Gasteiger partial charge on any atom is -0.497 e. The van der Waals surface area contributed by atoms with Crippen molar-refractivity contribution in [3.8, 4) is 5.75 Å². The van der Waals surface area contributed by atoms with Gasteiger partial charge in [-0.05, 0) is 62.6 Å². The van der Waals surface area contributed by atoms with Crippen molar-refractivity contribution in [2.45, 2.75) is 63.6 Å². The van der Waals surface area contributed by atoms with Crippen molar-refractivity contribution >= 4 is 11.9 Å². The Morgan fingerprint density at radius 1 is 1.24 bits per heavy atom. The summed E-state index contributed by atoms with van der Waals surface area (Å²) in [5.41, 5.74) is 1.06. The number of urea groups is 1. The molecular weight excluding hydrogens is 366 g/mol. The zero-order valence-corrected chi connectivity index (χ0v) is 17.4. The third-order valence-corrected chi connectivity index (χ3v) is 5.61. The second kappa shape index (κ2) is 10.3. The Morgan fingerprint density at radius 3 is 2.66 bits per heavy atom. The van der Waals surface area contributed by atoms with Crippen LogP contribution in [0.4, 0.5) is 4.79 Å². The first-order valence-electron chi connectivity index (χ1n) is 10.7. The summed E-state index contributed by atoms with van der Waals surface area (Å²) in [5, 5.41) is 3.07. The number of hydrogen-bond acceptors (Lipinski definition) is 3. The van der Waals surface area contributed by atoms with Gasteiger partial charge in [-0.15, -0.1) is 6.58 Å². The van der Waals surface area contributed by atoms with E-state index >= 15 is 0 Å². The van der Waals surface area contributed by atoms with Gasteiger partial charge in [0.15, 0.2) is 0 Å². The molecule has 1 aliphatic heterocycles. The smallest absolute Gasteiger partial charge is 0.320 e. The highest BCUT2D eigenvalue weighted by Crippen LogP contribution is 2.24. The Balaban J connectivity index is 1.67. The minimum atomic E-state index is -0.338. The van der Waals surface area contributed by atoms with Gasteiger partial charge in [-0.25, -0.2) is 4.79 Å². The number of rotatable bonds is 10. The van der Waals surface area contributed by atoms with E-state index in [1.54, 1.807) is 12.0 Å². The van der Waals surface area contributed by atoms with Crippen molar-refractivity contribution in [3.63, 3.8) is 0 Å². The lowest BCUT2D eigenvalue weighted by molar-refractivity contribution is -0.125. The molecule has 3 amide bonds. The molecule has 2 aliphatic rings. The normalized spacial score (nSPS) is 18.4. The van der Waals surface area contributed by atoms with Gasteiger partial charge in [0, 0.05) is 25.7 Å². The Labute approximate surface area is 173 Å². The van der Waals surface area contributed by atoms with Gasteiger partial charge in [0.2, 0.25) is 5.91 Å². The lowest BCUT2D eigenvalue weighted by atomic mass is 10.1. The number of benzene rings is 1. The molecule has 29 heavy (non-hydrogen) atoms. The minimum absolute atomic E-state index is 0.00871. The molecule has 1 saturated carbocycles. The lowest BCUT2D eigenvalue weighted by Gasteiger charge is -2.31. The van der Waals surface area contributed by atoms with E-state index < -0.39 is 0 Å². The standard InChI is InChI=1S/C23H33N3O3/c1-3-4-5-6-15-25(17-18-9-13-20(29-2)14-10-18)23(28)26-16-7-8-21(26)22(27)24-19-11-12-19/h3,9-10,13-14,19,21H,1,4-8,11-12,15-17H2,2H3,(H,24,27)/t21-/m0/s1. The van der Waals surface area contributed by atoms with Gasteiger partial charge < -0.3 is 19.9 Å². The van der Waals surface area contributed by atoms with Crippen LogP contribution in [0.1, 0.15) is 50.5 Å². The first-order valence-corrected chi connectivity index (χ1v) is 10.7. The van der Waals surface area contributed by atoms with Crippen molar-refractivity contribution < 1.29 is 14.3 Å². The third kappa shape index (κ3) is 5.99. The summed E-state index contributed by atoms with van der Waals surface area (Å²) in [6.07, 6.45) is 8.51. The number of amides is 3. The van der Waals surface area contributed by atoms with E-state index in [0.29, 0.717) is 25.7 Å². The maximum absolute atomic E-state index is 13.4. The molecule has 6 heteroatoms. The molecule has 1 aromatic rings. The predicted octanol–water partition coefficient (Wildman–Crippen LogP) is 3.72. The fourth-order valence-electron chi connectivity index (χ4n) is 3.76. The summed E-state index contributed by atoms with van der Waals surface area (Å²) in [5.74, 6) is 0.809. The van der Waals surface area contributed by atoms with Crippen LogP contribution in [-0.2, 0) is 11.3 Å². The van der Waals surface area contributed by atoms with E-state index in [9.17, 15) is 9.59 Å². The Morgan fingerprint density at radius 2 is 2.00 bits per heavy atom. The number of likely N-dealkylation sites (tertiary alicyclic amines) is 1. The van der Waals surface area contributed by atoms with Crippen molar-refractivity contribution in [2.24, 2.45) is 0 Å².